The standard InChI is InChI=1S/C11H12N4O2/c1-15-10(9(12)6-13-15)7-3-2-4-8(5-7)14-11(16)17/h2-6,14H,12H2,1H3,(H,16,17). The van der Waals surface area contributed by atoms with Crippen molar-refractivity contribution >= 4 is 17.5 Å². The molecule has 2 aromatic rings. The number of carbonyl (C=O) groups is 1. The smallest absolute Gasteiger partial charge is 0.409 e. The summed E-state index contributed by atoms with van der Waals surface area (Å²) in [5, 5.41) is 15.0. The Labute approximate surface area is 97.7 Å². The molecule has 88 valence electrons. The predicted octanol–water partition coefficient (Wildman–Crippen LogP) is 1.76. The van der Waals surface area contributed by atoms with Gasteiger partial charge in [0.05, 0.1) is 17.6 Å². The van der Waals surface area contributed by atoms with Gasteiger partial charge in [-0.25, -0.2) is 4.79 Å². The SMILES string of the molecule is Cn1ncc(N)c1-c1cccc(NC(=O)O)c1. The molecule has 0 atom stereocenters. The van der Waals surface area contributed by atoms with Crippen LogP contribution in [0.15, 0.2) is 30.5 Å². The lowest BCUT2D eigenvalue weighted by Crippen LogP contribution is -2.07. The molecule has 0 fully saturated rings. The molecule has 0 aliphatic carbocycles. The summed E-state index contributed by atoms with van der Waals surface area (Å²) < 4.78 is 1.65. The first-order valence-corrected chi connectivity index (χ1v) is 4.96. The minimum Gasteiger partial charge on any atom is -0.465 e. The van der Waals surface area contributed by atoms with Crippen LogP contribution in [0.25, 0.3) is 11.3 Å². The fraction of sp³-hybridized carbons (Fsp3) is 0.0909. The predicted molar refractivity (Wildman–Crippen MR) is 64.7 cm³/mol. The van der Waals surface area contributed by atoms with Gasteiger partial charge in [-0.3, -0.25) is 10.00 Å². The third-order valence-electron chi connectivity index (χ3n) is 2.35. The van der Waals surface area contributed by atoms with E-state index in [0.29, 0.717) is 11.4 Å². The van der Waals surface area contributed by atoms with E-state index in [1.54, 1.807) is 36.1 Å². The quantitative estimate of drug-likeness (QED) is 0.735. The molecule has 0 spiro atoms. The third kappa shape index (κ3) is 2.20. The number of aryl methyl sites for hydroxylation is 1. The van der Waals surface area contributed by atoms with E-state index in [2.05, 4.69) is 10.4 Å². The molecule has 0 radical (unpaired) electrons. The normalized spacial score (nSPS) is 10.2. The molecule has 17 heavy (non-hydrogen) atoms. The zero-order chi connectivity index (χ0) is 12.4. The summed E-state index contributed by atoms with van der Waals surface area (Å²) in [4.78, 5) is 10.5. The number of amides is 1. The zero-order valence-corrected chi connectivity index (χ0v) is 9.21. The first-order chi connectivity index (χ1) is 8.08. The number of nitrogen functional groups attached to an aromatic ring is 1. The van der Waals surface area contributed by atoms with Crippen LogP contribution in [0, 0.1) is 0 Å². The molecule has 6 nitrogen and oxygen atoms in total. The lowest BCUT2D eigenvalue weighted by Gasteiger charge is -2.06. The van der Waals surface area contributed by atoms with Gasteiger partial charge in [-0.15, -0.1) is 0 Å². The minimum atomic E-state index is -1.10. The Hall–Kier alpha value is -2.50. The van der Waals surface area contributed by atoms with Crippen molar-refractivity contribution < 1.29 is 9.90 Å². The number of benzene rings is 1. The average molecular weight is 232 g/mol. The highest BCUT2D eigenvalue weighted by Crippen LogP contribution is 2.26. The molecule has 1 aromatic heterocycles. The maximum atomic E-state index is 10.5. The van der Waals surface area contributed by atoms with E-state index < -0.39 is 6.09 Å². The largest absolute Gasteiger partial charge is 0.465 e. The molecule has 0 aliphatic heterocycles. The van der Waals surface area contributed by atoms with Crippen LogP contribution in [-0.4, -0.2) is 21.0 Å². The van der Waals surface area contributed by atoms with Crippen LogP contribution >= 0.6 is 0 Å². The number of hydrogen-bond donors (Lipinski definition) is 3. The topological polar surface area (TPSA) is 93.2 Å². The van der Waals surface area contributed by atoms with Crippen LogP contribution in [0.3, 0.4) is 0 Å². The third-order valence-corrected chi connectivity index (χ3v) is 2.35. The zero-order valence-electron chi connectivity index (χ0n) is 9.21. The van der Waals surface area contributed by atoms with E-state index in [4.69, 9.17) is 10.8 Å². The molecule has 0 unspecified atom stereocenters. The second kappa shape index (κ2) is 4.17. The number of carboxylic acid groups (broad SMARTS) is 1. The Balaban J connectivity index is 2.43. The summed E-state index contributed by atoms with van der Waals surface area (Å²) in [5.74, 6) is 0. The molecule has 0 aliphatic rings. The van der Waals surface area contributed by atoms with Crippen molar-refractivity contribution in [1.82, 2.24) is 9.78 Å². The fourth-order valence-electron chi connectivity index (χ4n) is 1.68. The highest BCUT2D eigenvalue weighted by atomic mass is 16.4. The first-order valence-electron chi connectivity index (χ1n) is 4.96. The van der Waals surface area contributed by atoms with Crippen LogP contribution in [0.4, 0.5) is 16.2 Å². The number of hydrogen-bond acceptors (Lipinski definition) is 3. The number of nitrogens with two attached hydrogens (primary N) is 1. The summed E-state index contributed by atoms with van der Waals surface area (Å²) >= 11 is 0. The first kappa shape index (κ1) is 11.0. The van der Waals surface area contributed by atoms with Gasteiger partial charge in [-0.1, -0.05) is 12.1 Å². The van der Waals surface area contributed by atoms with Crippen molar-refractivity contribution in [2.45, 2.75) is 0 Å². The Morgan fingerprint density at radius 1 is 1.53 bits per heavy atom. The van der Waals surface area contributed by atoms with Crippen LogP contribution in [-0.2, 0) is 7.05 Å². The highest BCUT2D eigenvalue weighted by Gasteiger charge is 2.09. The molecule has 1 heterocycles. The van der Waals surface area contributed by atoms with Gasteiger partial charge in [0, 0.05) is 18.3 Å². The summed E-state index contributed by atoms with van der Waals surface area (Å²) in [6.45, 7) is 0. The van der Waals surface area contributed by atoms with Crippen LogP contribution in [0.5, 0.6) is 0 Å². The van der Waals surface area contributed by atoms with Crippen molar-refractivity contribution in [3.05, 3.63) is 30.5 Å². The molecular formula is C11H12N4O2. The Bertz CT molecular complexity index is 543. The molecule has 1 aromatic carbocycles. The molecule has 6 heteroatoms. The summed E-state index contributed by atoms with van der Waals surface area (Å²) in [6, 6.07) is 6.99. The summed E-state index contributed by atoms with van der Waals surface area (Å²) in [6.07, 6.45) is 0.465. The molecule has 0 saturated heterocycles. The van der Waals surface area contributed by atoms with E-state index in [-0.39, 0.29) is 0 Å². The van der Waals surface area contributed by atoms with E-state index >= 15 is 0 Å². The van der Waals surface area contributed by atoms with E-state index in [1.165, 1.54) is 0 Å². The Kier molecular flexibility index (Phi) is 2.70. The number of nitrogens with zero attached hydrogens (tertiary/aromatic N) is 2. The fourth-order valence-corrected chi connectivity index (χ4v) is 1.68. The van der Waals surface area contributed by atoms with Gasteiger partial charge in [0.25, 0.3) is 0 Å². The van der Waals surface area contributed by atoms with Crippen LogP contribution in [0.2, 0.25) is 0 Å². The van der Waals surface area contributed by atoms with E-state index in [0.717, 1.165) is 11.3 Å². The maximum absolute atomic E-state index is 10.5. The summed E-state index contributed by atoms with van der Waals surface area (Å²) in [5.41, 5.74) is 8.43. The number of nitrogens with one attached hydrogen (secondary N) is 1. The second-order valence-corrected chi connectivity index (χ2v) is 3.58. The number of aromatic nitrogens is 2. The van der Waals surface area contributed by atoms with Crippen LogP contribution in [0.1, 0.15) is 0 Å². The van der Waals surface area contributed by atoms with Gasteiger partial charge in [-0.2, -0.15) is 5.10 Å². The maximum Gasteiger partial charge on any atom is 0.409 e. The highest BCUT2D eigenvalue weighted by molar-refractivity contribution is 5.85. The van der Waals surface area contributed by atoms with Gasteiger partial charge >= 0.3 is 6.09 Å². The molecule has 4 N–H and O–H groups in total. The molecule has 0 saturated carbocycles. The van der Waals surface area contributed by atoms with Gasteiger partial charge in [0.2, 0.25) is 0 Å². The van der Waals surface area contributed by atoms with E-state index in [1.807, 2.05) is 6.07 Å². The van der Waals surface area contributed by atoms with Crippen molar-refractivity contribution in [2.24, 2.45) is 7.05 Å². The van der Waals surface area contributed by atoms with Crippen molar-refractivity contribution in [3.8, 4) is 11.3 Å². The van der Waals surface area contributed by atoms with Crippen LogP contribution < -0.4 is 11.1 Å². The molecular weight excluding hydrogens is 220 g/mol. The van der Waals surface area contributed by atoms with Gasteiger partial charge in [0.15, 0.2) is 0 Å². The lowest BCUT2D eigenvalue weighted by atomic mass is 10.1. The summed E-state index contributed by atoms with van der Waals surface area (Å²) in [7, 11) is 1.78. The van der Waals surface area contributed by atoms with Crippen molar-refractivity contribution in [1.29, 1.82) is 0 Å². The van der Waals surface area contributed by atoms with E-state index in [9.17, 15) is 4.79 Å². The van der Waals surface area contributed by atoms with Gasteiger partial charge in [-0.05, 0) is 12.1 Å². The molecule has 2 rings (SSSR count). The Morgan fingerprint density at radius 3 is 2.88 bits per heavy atom. The monoisotopic (exact) mass is 232 g/mol. The van der Waals surface area contributed by atoms with Crippen molar-refractivity contribution in [2.75, 3.05) is 11.1 Å². The minimum absolute atomic E-state index is 0.496. The van der Waals surface area contributed by atoms with Gasteiger partial charge < -0.3 is 10.8 Å². The second-order valence-electron chi connectivity index (χ2n) is 3.58. The lowest BCUT2D eigenvalue weighted by molar-refractivity contribution is 0.210. The molecule has 0 bridgehead atoms. The Morgan fingerprint density at radius 2 is 2.29 bits per heavy atom. The average Bonchev–Trinajstić information content (AvgIpc) is 2.58. The van der Waals surface area contributed by atoms with Gasteiger partial charge in [0.1, 0.15) is 0 Å². The molecule has 1 amide bonds. The number of anilines is 2. The number of rotatable bonds is 2. The van der Waals surface area contributed by atoms with Crippen molar-refractivity contribution in [3.63, 3.8) is 0 Å².